The average Bonchev–Trinajstić information content (AvgIpc) is 2.58. The van der Waals surface area contributed by atoms with Gasteiger partial charge in [0.05, 0.1) is 0 Å². The van der Waals surface area contributed by atoms with E-state index >= 15 is 0 Å². The number of H-pyrrole nitrogens is 1. The van der Waals surface area contributed by atoms with Crippen molar-refractivity contribution in [2.45, 2.75) is 25.4 Å². The summed E-state index contributed by atoms with van der Waals surface area (Å²) in [6.45, 7) is 3.54. The van der Waals surface area contributed by atoms with Gasteiger partial charge in [-0.2, -0.15) is 0 Å². The van der Waals surface area contributed by atoms with E-state index in [0.29, 0.717) is 10.9 Å². The first-order valence-corrected chi connectivity index (χ1v) is 8.57. The molecule has 0 bridgehead atoms. The Bertz CT molecular complexity index is 836. The molecule has 0 aliphatic heterocycles. The second kappa shape index (κ2) is 8.43. The van der Waals surface area contributed by atoms with Crippen LogP contribution >= 0.6 is 11.8 Å². The molecule has 0 aliphatic rings. The highest BCUT2D eigenvalue weighted by Gasteiger charge is 2.17. The summed E-state index contributed by atoms with van der Waals surface area (Å²) < 4.78 is 13.0. The van der Waals surface area contributed by atoms with Gasteiger partial charge in [0.15, 0.2) is 16.7 Å². The Hall–Kier alpha value is -2.68. The number of nitrogens with one attached hydrogen (secondary N) is 3. The van der Waals surface area contributed by atoms with Crippen LogP contribution in [0, 0.1) is 5.82 Å². The van der Waals surface area contributed by atoms with Crippen LogP contribution < -0.4 is 16.2 Å². The third kappa shape index (κ3) is 4.90. The van der Waals surface area contributed by atoms with Crippen LogP contribution in [0.3, 0.4) is 0 Å². The molecule has 1 heterocycles. The molecule has 2 aromatic rings. The molecule has 1 aromatic carbocycles. The van der Waals surface area contributed by atoms with Crippen molar-refractivity contribution in [2.75, 3.05) is 16.4 Å². The van der Waals surface area contributed by atoms with E-state index < -0.39 is 17.3 Å². The second-order valence-corrected chi connectivity index (χ2v) is 6.14. The molecule has 0 aliphatic carbocycles. The Balaban J connectivity index is 2.37. The average molecular weight is 364 g/mol. The third-order valence-corrected chi connectivity index (χ3v) is 3.86. The van der Waals surface area contributed by atoms with Gasteiger partial charge in [0.2, 0.25) is 5.91 Å². The van der Waals surface area contributed by atoms with Crippen molar-refractivity contribution in [3.8, 4) is 0 Å². The highest BCUT2D eigenvalue weighted by Crippen LogP contribution is 2.20. The van der Waals surface area contributed by atoms with Gasteiger partial charge in [0.25, 0.3) is 11.5 Å². The molecule has 2 amide bonds. The predicted octanol–water partition coefficient (Wildman–Crippen LogP) is 2.62. The zero-order valence-corrected chi connectivity index (χ0v) is 14.5. The number of aromatic nitrogens is 2. The second-order valence-electron chi connectivity index (χ2n) is 4.89. The summed E-state index contributed by atoms with van der Waals surface area (Å²) >= 11 is 1.29. The fraction of sp³-hybridized carbons (Fsp3) is 0.250. The topological polar surface area (TPSA) is 104 Å². The number of hydrogen-bond donors (Lipinski definition) is 3. The van der Waals surface area contributed by atoms with Gasteiger partial charge in [0.1, 0.15) is 5.82 Å². The van der Waals surface area contributed by atoms with E-state index in [1.54, 1.807) is 6.92 Å². The zero-order chi connectivity index (χ0) is 18.4. The van der Waals surface area contributed by atoms with Gasteiger partial charge in [-0.15, -0.1) is 0 Å². The number of hydrogen-bond acceptors (Lipinski definition) is 5. The molecule has 0 unspecified atom stereocenters. The summed E-state index contributed by atoms with van der Waals surface area (Å²) in [4.78, 5) is 43.0. The first kappa shape index (κ1) is 18.7. The number of carbonyl (C=O) groups is 2. The molecule has 1 aromatic heterocycles. The minimum atomic E-state index is -0.616. The van der Waals surface area contributed by atoms with Crippen LogP contribution in [0.2, 0.25) is 0 Å². The number of benzene rings is 1. The molecule has 0 atom stereocenters. The third-order valence-electron chi connectivity index (χ3n) is 3.10. The van der Waals surface area contributed by atoms with Crippen molar-refractivity contribution in [1.29, 1.82) is 0 Å². The SMILES string of the molecule is CCSc1nc(NC(=O)CC)c(NC(=O)c2ccc(F)cc2)c(=O)[nH]1. The van der Waals surface area contributed by atoms with E-state index in [0.717, 1.165) is 12.1 Å². The fourth-order valence-corrected chi connectivity index (χ4v) is 2.47. The zero-order valence-electron chi connectivity index (χ0n) is 13.7. The van der Waals surface area contributed by atoms with Crippen LogP contribution in [0.1, 0.15) is 30.6 Å². The lowest BCUT2D eigenvalue weighted by Gasteiger charge is -2.11. The number of aromatic amines is 1. The van der Waals surface area contributed by atoms with Crippen LogP contribution in [0.4, 0.5) is 15.9 Å². The molecular formula is C16H17FN4O3S. The van der Waals surface area contributed by atoms with E-state index in [2.05, 4.69) is 20.6 Å². The van der Waals surface area contributed by atoms with E-state index in [4.69, 9.17) is 0 Å². The number of halogens is 1. The van der Waals surface area contributed by atoms with Gasteiger partial charge in [-0.1, -0.05) is 25.6 Å². The number of nitrogens with zero attached hydrogens (tertiary/aromatic N) is 1. The number of amides is 2. The summed E-state index contributed by atoms with van der Waals surface area (Å²) in [6.07, 6.45) is 0.191. The molecule has 25 heavy (non-hydrogen) atoms. The molecule has 9 heteroatoms. The van der Waals surface area contributed by atoms with Crippen LogP contribution in [0.25, 0.3) is 0 Å². The van der Waals surface area contributed by atoms with Crippen molar-refractivity contribution < 1.29 is 14.0 Å². The van der Waals surface area contributed by atoms with Crippen LogP contribution in [-0.2, 0) is 4.79 Å². The van der Waals surface area contributed by atoms with Crippen molar-refractivity contribution in [2.24, 2.45) is 0 Å². The number of thioether (sulfide) groups is 1. The van der Waals surface area contributed by atoms with Crippen molar-refractivity contribution in [3.63, 3.8) is 0 Å². The van der Waals surface area contributed by atoms with Crippen molar-refractivity contribution in [3.05, 3.63) is 46.0 Å². The molecular weight excluding hydrogens is 347 g/mol. The standard InChI is InChI=1S/C16H17FN4O3S/c1-3-11(22)18-13-12(15(24)21-16(20-13)25-4-2)19-14(23)9-5-7-10(17)8-6-9/h5-8H,3-4H2,1-2H3,(H,19,23)(H2,18,20,21,22,24). The Morgan fingerprint density at radius 2 is 1.88 bits per heavy atom. The summed E-state index contributed by atoms with van der Waals surface area (Å²) in [6, 6.07) is 4.85. The monoisotopic (exact) mass is 364 g/mol. The van der Waals surface area contributed by atoms with Gasteiger partial charge in [-0.3, -0.25) is 19.4 Å². The first-order valence-electron chi connectivity index (χ1n) is 7.58. The molecule has 2 rings (SSSR count). The lowest BCUT2D eigenvalue weighted by Crippen LogP contribution is -2.25. The Morgan fingerprint density at radius 3 is 2.48 bits per heavy atom. The Labute approximate surface area is 147 Å². The van der Waals surface area contributed by atoms with Crippen LogP contribution in [0.5, 0.6) is 0 Å². The molecule has 7 nitrogen and oxygen atoms in total. The van der Waals surface area contributed by atoms with Crippen LogP contribution in [-0.4, -0.2) is 27.5 Å². The lowest BCUT2D eigenvalue weighted by atomic mass is 10.2. The lowest BCUT2D eigenvalue weighted by molar-refractivity contribution is -0.115. The first-order chi connectivity index (χ1) is 11.9. The van der Waals surface area contributed by atoms with Gasteiger partial charge >= 0.3 is 0 Å². The molecule has 0 spiro atoms. The van der Waals surface area contributed by atoms with Crippen LogP contribution in [0.15, 0.2) is 34.2 Å². The minimum absolute atomic E-state index is 0.0259. The molecule has 132 valence electrons. The maximum Gasteiger partial charge on any atom is 0.277 e. The smallest absolute Gasteiger partial charge is 0.277 e. The summed E-state index contributed by atoms with van der Waals surface area (Å²) in [7, 11) is 0. The van der Waals surface area contributed by atoms with Crippen molar-refractivity contribution >= 4 is 35.1 Å². The molecule has 0 radical (unpaired) electrons. The largest absolute Gasteiger partial charge is 0.314 e. The molecule has 0 fully saturated rings. The number of anilines is 2. The van der Waals surface area contributed by atoms with E-state index in [9.17, 15) is 18.8 Å². The number of carbonyl (C=O) groups excluding carboxylic acids is 2. The van der Waals surface area contributed by atoms with Gasteiger partial charge in [-0.05, 0) is 30.0 Å². The quantitative estimate of drug-likeness (QED) is 0.540. The number of rotatable bonds is 6. The maximum atomic E-state index is 13.0. The van der Waals surface area contributed by atoms with Crippen molar-refractivity contribution in [1.82, 2.24) is 9.97 Å². The molecule has 3 N–H and O–H groups in total. The molecule has 0 saturated heterocycles. The Kier molecular flexibility index (Phi) is 6.29. The Morgan fingerprint density at radius 1 is 1.20 bits per heavy atom. The summed E-state index contributed by atoms with van der Waals surface area (Å²) in [5.41, 5.74) is -0.593. The highest BCUT2D eigenvalue weighted by atomic mass is 32.2. The van der Waals surface area contributed by atoms with Gasteiger partial charge < -0.3 is 10.6 Å². The minimum Gasteiger partial charge on any atom is -0.314 e. The fourth-order valence-electron chi connectivity index (χ4n) is 1.87. The predicted molar refractivity (Wildman–Crippen MR) is 94.5 cm³/mol. The highest BCUT2D eigenvalue weighted by molar-refractivity contribution is 7.99. The normalized spacial score (nSPS) is 10.4. The van der Waals surface area contributed by atoms with Gasteiger partial charge in [0, 0.05) is 12.0 Å². The maximum absolute atomic E-state index is 13.0. The van der Waals surface area contributed by atoms with E-state index in [1.165, 1.54) is 23.9 Å². The van der Waals surface area contributed by atoms with E-state index in [1.807, 2.05) is 6.92 Å². The molecule has 0 saturated carbocycles. The summed E-state index contributed by atoms with van der Waals surface area (Å²) in [5, 5.41) is 5.26. The summed E-state index contributed by atoms with van der Waals surface area (Å²) in [5.74, 6) is -0.793. The van der Waals surface area contributed by atoms with Gasteiger partial charge in [-0.25, -0.2) is 9.37 Å². The van der Waals surface area contributed by atoms with E-state index in [-0.39, 0.29) is 29.4 Å².